The second-order valence-corrected chi connectivity index (χ2v) is 7.19. The smallest absolute Gasteiger partial charge is 0.413 e. The molecule has 2 aromatic carbocycles. The van der Waals surface area contributed by atoms with Crippen molar-refractivity contribution in [3.8, 4) is 11.5 Å². The maximum absolute atomic E-state index is 12.2. The molecule has 2 N–H and O–H groups in total. The Morgan fingerprint density at radius 2 is 1.94 bits per heavy atom. The Labute approximate surface area is 187 Å². The summed E-state index contributed by atoms with van der Waals surface area (Å²) in [5.41, 5.74) is 3.92. The average molecular weight is 441 g/mol. The van der Waals surface area contributed by atoms with Gasteiger partial charge in [0.25, 0.3) is 0 Å². The Hall–Kier alpha value is -3.59. The second-order valence-electron chi connectivity index (χ2n) is 7.19. The number of hydrogen-bond acceptors (Lipinski definition) is 8. The van der Waals surface area contributed by atoms with Gasteiger partial charge in [-0.15, -0.1) is 0 Å². The third kappa shape index (κ3) is 4.52. The SMILES string of the molecule is COC(=O)N(C)c1cc2c(NCc3ccc(OC)c(C)c3)ncnc2c(CCO)c1OC. The molecule has 3 aromatic rings. The molecule has 0 unspecified atom stereocenters. The van der Waals surface area contributed by atoms with Crippen molar-refractivity contribution in [3.05, 3.63) is 47.3 Å². The normalized spacial score (nSPS) is 10.7. The number of nitrogens with zero attached hydrogens (tertiary/aromatic N) is 3. The van der Waals surface area contributed by atoms with Gasteiger partial charge in [0.15, 0.2) is 0 Å². The van der Waals surface area contributed by atoms with E-state index in [2.05, 4.69) is 15.3 Å². The van der Waals surface area contributed by atoms with Gasteiger partial charge in [-0.2, -0.15) is 0 Å². The van der Waals surface area contributed by atoms with E-state index in [1.165, 1.54) is 25.4 Å². The number of anilines is 2. The van der Waals surface area contributed by atoms with E-state index in [0.717, 1.165) is 16.9 Å². The summed E-state index contributed by atoms with van der Waals surface area (Å²) in [6, 6.07) is 7.75. The van der Waals surface area contributed by atoms with Gasteiger partial charge in [0, 0.05) is 37.6 Å². The van der Waals surface area contributed by atoms with Crippen LogP contribution in [0.5, 0.6) is 11.5 Å². The molecule has 32 heavy (non-hydrogen) atoms. The maximum atomic E-state index is 12.2. The van der Waals surface area contributed by atoms with Gasteiger partial charge < -0.3 is 24.6 Å². The zero-order valence-electron chi connectivity index (χ0n) is 18.9. The highest BCUT2D eigenvalue weighted by atomic mass is 16.5. The van der Waals surface area contributed by atoms with Crippen LogP contribution in [0.25, 0.3) is 10.9 Å². The van der Waals surface area contributed by atoms with Crippen LogP contribution in [-0.4, -0.2) is 56.2 Å². The van der Waals surface area contributed by atoms with Gasteiger partial charge in [0.2, 0.25) is 0 Å². The molecular formula is C23H28N4O5. The van der Waals surface area contributed by atoms with Crippen LogP contribution >= 0.6 is 0 Å². The fourth-order valence-electron chi connectivity index (χ4n) is 3.67. The van der Waals surface area contributed by atoms with Gasteiger partial charge in [0.05, 0.1) is 32.5 Å². The van der Waals surface area contributed by atoms with Crippen LogP contribution in [0.15, 0.2) is 30.6 Å². The molecule has 0 bridgehead atoms. The van der Waals surface area contributed by atoms with Crippen molar-refractivity contribution in [1.82, 2.24) is 9.97 Å². The fourth-order valence-corrected chi connectivity index (χ4v) is 3.67. The van der Waals surface area contributed by atoms with Gasteiger partial charge in [-0.05, 0) is 30.2 Å². The Bertz CT molecular complexity index is 1120. The first-order chi connectivity index (χ1) is 15.4. The van der Waals surface area contributed by atoms with Crippen molar-refractivity contribution < 1.29 is 24.1 Å². The molecule has 1 amide bonds. The summed E-state index contributed by atoms with van der Waals surface area (Å²) in [6.07, 6.45) is 1.22. The average Bonchev–Trinajstić information content (AvgIpc) is 2.81. The predicted octanol–water partition coefficient (Wildman–Crippen LogP) is 3.30. The third-order valence-corrected chi connectivity index (χ3v) is 5.25. The molecule has 1 aromatic heterocycles. The third-order valence-electron chi connectivity index (χ3n) is 5.25. The van der Waals surface area contributed by atoms with Crippen molar-refractivity contribution in [2.24, 2.45) is 0 Å². The summed E-state index contributed by atoms with van der Waals surface area (Å²) in [7, 11) is 6.07. The van der Waals surface area contributed by atoms with Crippen molar-refractivity contribution in [1.29, 1.82) is 0 Å². The topological polar surface area (TPSA) is 106 Å². The lowest BCUT2D eigenvalue weighted by Crippen LogP contribution is -2.26. The fraction of sp³-hybridized carbons (Fsp3) is 0.348. The van der Waals surface area contributed by atoms with Crippen LogP contribution in [0, 0.1) is 6.92 Å². The molecule has 170 valence electrons. The highest BCUT2D eigenvalue weighted by Crippen LogP contribution is 2.39. The standard InChI is InChI=1S/C23H28N4O5/c1-14-10-15(6-7-19(14)30-3)12-24-22-17-11-18(27(2)23(29)32-5)21(31-4)16(8-9-28)20(17)25-13-26-22/h6-7,10-11,13,28H,8-9,12H2,1-5H3,(H,24,25,26). The number of ether oxygens (including phenoxy) is 3. The number of fused-ring (bicyclic) bond motifs is 1. The zero-order valence-corrected chi connectivity index (χ0v) is 18.9. The van der Waals surface area contributed by atoms with E-state index >= 15 is 0 Å². The Balaban J connectivity index is 2.08. The van der Waals surface area contributed by atoms with Gasteiger partial charge in [-0.25, -0.2) is 14.8 Å². The quantitative estimate of drug-likeness (QED) is 0.550. The van der Waals surface area contributed by atoms with E-state index in [-0.39, 0.29) is 6.61 Å². The lowest BCUT2D eigenvalue weighted by Gasteiger charge is -2.22. The number of benzene rings is 2. The van der Waals surface area contributed by atoms with Gasteiger partial charge >= 0.3 is 6.09 Å². The number of carbonyl (C=O) groups is 1. The first-order valence-electron chi connectivity index (χ1n) is 10.1. The van der Waals surface area contributed by atoms with Gasteiger partial charge in [0.1, 0.15) is 23.6 Å². The van der Waals surface area contributed by atoms with E-state index in [1.54, 1.807) is 20.2 Å². The molecule has 3 rings (SSSR count). The molecule has 9 nitrogen and oxygen atoms in total. The number of nitrogens with one attached hydrogen (secondary N) is 1. The molecule has 9 heteroatoms. The molecule has 0 radical (unpaired) electrons. The number of aliphatic hydroxyl groups excluding tert-OH is 1. The summed E-state index contributed by atoms with van der Waals surface area (Å²) in [4.78, 5) is 22.4. The highest BCUT2D eigenvalue weighted by molar-refractivity contribution is 6.00. The van der Waals surface area contributed by atoms with Crippen LogP contribution in [0.2, 0.25) is 0 Å². The largest absolute Gasteiger partial charge is 0.496 e. The number of aryl methyl sites for hydroxylation is 1. The number of aliphatic hydroxyl groups is 1. The Morgan fingerprint density at radius 3 is 2.56 bits per heavy atom. The summed E-state index contributed by atoms with van der Waals surface area (Å²) >= 11 is 0. The number of aromatic nitrogens is 2. The van der Waals surface area contributed by atoms with E-state index in [0.29, 0.717) is 46.7 Å². The summed E-state index contributed by atoms with van der Waals surface area (Å²) in [5, 5.41) is 13.7. The van der Waals surface area contributed by atoms with E-state index in [4.69, 9.17) is 14.2 Å². The van der Waals surface area contributed by atoms with Gasteiger partial charge in [-0.1, -0.05) is 12.1 Å². The van der Waals surface area contributed by atoms with E-state index in [1.807, 2.05) is 25.1 Å². The molecule has 0 aliphatic heterocycles. The van der Waals surface area contributed by atoms with E-state index < -0.39 is 6.09 Å². The number of amides is 1. The molecule has 1 heterocycles. The molecule has 0 fully saturated rings. The molecule has 0 atom stereocenters. The van der Waals surface area contributed by atoms with Crippen molar-refractivity contribution in [2.45, 2.75) is 19.9 Å². The van der Waals surface area contributed by atoms with E-state index in [9.17, 15) is 9.90 Å². The number of carbonyl (C=O) groups excluding carboxylic acids is 1. The highest BCUT2D eigenvalue weighted by Gasteiger charge is 2.23. The van der Waals surface area contributed by atoms with Crippen molar-refractivity contribution in [2.75, 3.05) is 45.2 Å². The lowest BCUT2D eigenvalue weighted by molar-refractivity contribution is 0.180. The van der Waals surface area contributed by atoms with Crippen molar-refractivity contribution >= 4 is 28.5 Å². The minimum absolute atomic E-state index is 0.102. The summed E-state index contributed by atoms with van der Waals surface area (Å²) in [5.74, 6) is 1.89. The predicted molar refractivity (Wildman–Crippen MR) is 123 cm³/mol. The Morgan fingerprint density at radius 1 is 1.16 bits per heavy atom. The Kier molecular flexibility index (Phi) is 7.32. The summed E-state index contributed by atoms with van der Waals surface area (Å²) in [6.45, 7) is 2.42. The molecule has 0 aliphatic carbocycles. The first-order valence-corrected chi connectivity index (χ1v) is 10.1. The lowest BCUT2D eigenvalue weighted by atomic mass is 10.0. The number of rotatable bonds is 8. The molecule has 0 spiro atoms. The molecular weight excluding hydrogens is 412 g/mol. The second kappa shape index (κ2) is 10.1. The number of hydrogen-bond donors (Lipinski definition) is 2. The van der Waals surface area contributed by atoms with Crippen LogP contribution < -0.4 is 19.7 Å². The van der Waals surface area contributed by atoms with Crippen LogP contribution in [0.1, 0.15) is 16.7 Å². The molecule has 0 saturated heterocycles. The number of methoxy groups -OCH3 is 3. The van der Waals surface area contributed by atoms with Crippen molar-refractivity contribution in [3.63, 3.8) is 0 Å². The first kappa shape index (κ1) is 23.1. The van der Waals surface area contributed by atoms with Crippen LogP contribution in [-0.2, 0) is 17.7 Å². The minimum Gasteiger partial charge on any atom is -0.496 e. The van der Waals surface area contributed by atoms with Crippen LogP contribution in [0.4, 0.5) is 16.3 Å². The van der Waals surface area contributed by atoms with Gasteiger partial charge in [-0.3, -0.25) is 4.90 Å². The minimum atomic E-state index is -0.544. The summed E-state index contributed by atoms with van der Waals surface area (Å²) < 4.78 is 15.8. The zero-order chi connectivity index (χ0) is 23.3. The monoisotopic (exact) mass is 440 g/mol. The molecule has 0 saturated carbocycles. The molecule has 0 aliphatic rings. The van der Waals surface area contributed by atoms with Crippen LogP contribution in [0.3, 0.4) is 0 Å². The maximum Gasteiger partial charge on any atom is 0.413 e.